The average Bonchev–Trinajstić information content (AvgIpc) is 3.51. The highest BCUT2D eigenvalue weighted by molar-refractivity contribution is 8.10. The van der Waals surface area contributed by atoms with Crippen molar-refractivity contribution in [3.05, 3.63) is 54.4 Å². The minimum absolute atomic E-state index is 0.0470. The van der Waals surface area contributed by atoms with Crippen molar-refractivity contribution >= 4 is 57.9 Å². The van der Waals surface area contributed by atoms with Crippen molar-refractivity contribution in [2.45, 2.75) is 64.5 Å². The number of anilines is 2. The molecule has 43 heavy (non-hydrogen) atoms. The van der Waals surface area contributed by atoms with Gasteiger partial charge in [0.25, 0.3) is 0 Å². The molecule has 14 heteroatoms. The van der Waals surface area contributed by atoms with Gasteiger partial charge in [0.05, 0.1) is 12.4 Å². The molecule has 0 saturated carbocycles. The third kappa shape index (κ3) is 6.81. The number of halogens is 1. The van der Waals surface area contributed by atoms with Gasteiger partial charge in [0.2, 0.25) is 11.8 Å². The molecule has 4 N–H and O–H groups in total. The van der Waals surface area contributed by atoms with Gasteiger partial charge in [-0.05, 0) is 48.9 Å². The van der Waals surface area contributed by atoms with E-state index in [9.17, 15) is 4.79 Å². The predicted octanol–water partition coefficient (Wildman–Crippen LogP) is 5.28. The Morgan fingerprint density at radius 2 is 2.00 bits per heavy atom. The van der Waals surface area contributed by atoms with Gasteiger partial charge in [-0.15, -0.1) is 0 Å². The van der Waals surface area contributed by atoms with Crippen molar-refractivity contribution in [1.29, 1.82) is 0 Å². The lowest BCUT2D eigenvalue weighted by Gasteiger charge is -2.30. The Kier molecular flexibility index (Phi) is 9.01. The number of benzene rings is 2. The number of alkyl halides is 1. The number of fused-ring (bicyclic) bond motifs is 2. The predicted molar refractivity (Wildman–Crippen MR) is 169 cm³/mol. The van der Waals surface area contributed by atoms with E-state index in [0.717, 1.165) is 16.3 Å². The van der Waals surface area contributed by atoms with Crippen LogP contribution >= 0.6 is 6.42 Å². The molecule has 3 heterocycles. The van der Waals surface area contributed by atoms with Crippen LogP contribution in [0.25, 0.3) is 21.9 Å². The summed E-state index contributed by atoms with van der Waals surface area (Å²) in [5.74, 6) is -2.35. The first-order chi connectivity index (χ1) is 20.4. The molecule has 0 aliphatic carbocycles. The summed E-state index contributed by atoms with van der Waals surface area (Å²) >= 11 is 6.08. The van der Waals surface area contributed by atoms with Gasteiger partial charge >= 0.3 is 5.97 Å². The van der Waals surface area contributed by atoms with Crippen molar-refractivity contribution in [3.63, 3.8) is 0 Å². The first-order valence-electron chi connectivity index (χ1n) is 14.1. The Bertz CT molecular complexity index is 1680. The van der Waals surface area contributed by atoms with E-state index >= 15 is 4.39 Å². The number of ether oxygens (including phenoxy) is 2. The SMILES string of the molecule is CNc1nc(N)nc2c1ncn2[C@@H]1O[C@](F)(CO[P@@](=S)(Cc2cccc3ccccc23)N[C@H](C)C(=O)OC(C)C)C[C@@H]1C. The maximum atomic E-state index is 16.4. The van der Waals surface area contributed by atoms with Crippen molar-refractivity contribution in [2.75, 3.05) is 24.7 Å². The van der Waals surface area contributed by atoms with E-state index in [0.29, 0.717) is 17.0 Å². The molecular formula is C29H37FN7O4PS. The highest BCUT2D eigenvalue weighted by Gasteiger charge is 2.48. The van der Waals surface area contributed by atoms with Gasteiger partial charge in [-0.2, -0.15) is 9.97 Å². The van der Waals surface area contributed by atoms with Crippen LogP contribution < -0.4 is 16.1 Å². The molecule has 0 spiro atoms. The number of nitrogen functional groups attached to an aromatic ring is 1. The number of rotatable bonds is 11. The Morgan fingerprint density at radius 3 is 2.74 bits per heavy atom. The van der Waals surface area contributed by atoms with Crippen molar-refractivity contribution in [2.24, 2.45) is 5.92 Å². The minimum atomic E-state index is -3.05. The Balaban J connectivity index is 1.39. The van der Waals surface area contributed by atoms with Crippen LogP contribution in [0.1, 0.15) is 45.9 Å². The summed E-state index contributed by atoms with van der Waals surface area (Å²) in [7, 11) is 1.71. The molecule has 1 aliphatic heterocycles. The number of aromatic nitrogens is 4. The van der Waals surface area contributed by atoms with Crippen LogP contribution in [-0.4, -0.2) is 57.1 Å². The molecule has 230 valence electrons. The zero-order chi connectivity index (χ0) is 30.9. The Morgan fingerprint density at radius 1 is 1.26 bits per heavy atom. The molecule has 0 bridgehead atoms. The second-order valence-electron chi connectivity index (χ2n) is 11.2. The fraction of sp³-hybridized carbons (Fsp3) is 0.448. The van der Waals surface area contributed by atoms with Crippen LogP contribution in [0.5, 0.6) is 0 Å². The van der Waals surface area contributed by atoms with Gasteiger partial charge in [0, 0.05) is 25.5 Å². The van der Waals surface area contributed by atoms with Crippen molar-refractivity contribution in [3.8, 4) is 0 Å². The Labute approximate surface area is 254 Å². The number of nitrogens with two attached hydrogens (primary N) is 1. The molecule has 4 aromatic rings. The summed E-state index contributed by atoms with van der Waals surface area (Å²) in [6.07, 6.45) is -2.19. The summed E-state index contributed by atoms with van der Waals surface area (Å²) in [6.45, 7) is 6.68. The number of carbonyl (C=O) groups excluding carboxylic acids is 1. The lowest BCUT2D eigenvalue weighted by atomic mass is 10.1. The molecule has 0 unspecified atom stereocenters. The fourth-order valence-electron chi connectivity index (χ4n) is 5.35. The maximum Gasteiger partial charge on any atom is 0.323 e. The van der Waals surface area contributed by atoms with Crippen LogP contribution in [0.15, 0.2) is 48.8 Å². The zero-order valence-corrected chi connectivity index (χ0v) is 26.5. The molecule has 1 fully saturated rings. The molecular weight excluding hydrogens is 592 g/mol. The van der Waals surface area contributed by atoms with E-state index in [-0.39, 0.29) is 30.6 Å². The first kappa shape index (κ1) is 31.2. The summed E-state index contributed by atoms with van der Waals surface area (Å²) in [5, 5.41) is 8.21. The highest BCUT2D eigenvalue weighted by atomic mass is 32.4. The standard InChI is InChI=1S/C29H37FN7O4PS/c1-17(2)40-27(38)19(4)36-42(43,14-21-11-8-10-20-9-6-7-12-22(20)21)39-15-29(30)13-18(3)26(41-29)37-16-33-23-24(32-5)34-28(31)35-25(23)37/h6-12,16-19,26H,13-15H2,1-5H3,(H,36,43)(H3,31,32,34,35)/t18-,19+,26+,29-,42+/m0/s1. The maximum absolute atomic E-state index is 16.4. The summed E-state index contributed by atoms with van der Waals surface area (Å²) in [5.41, 5.74) is 7.77. The third-order valence-corrected chi connectivity index (χ3v) is 10.3. The molecule has 1 aliphatic rings. The van der Waals surface area contributed by atoms with Crippen LogP contribution in [0.3, 0.4) is 0 Å². The van der Waals surface area contributed by atoms with Crippen LogP contribution in [0.2, 0.25) is 0 Å². The van der Waals surface area contributed by atoms with Crippen LogP contribution in [0.4, 0.5) is 16.2 Å². The van der Waals surface area contributed by atoms with Crippen LogP contribution in [0, 0.1) is 5.92 Å². The number of carbonyl (C=O) groups is 1. The van der Waals surface area contributed by atoms with Crippen LogP contribution in [-0.2, 0) is 36.8 Å². The quantitative estimate of drug-likeness (QED) is 0.148. The van der Waals surface area contributed by atoms with Crippen molar-refractivity contribution < 1.29 is 23.2 Å². The number of hydrogen-bond donors (Lipinski definition) is 3. The van der Waals surface area contributed by atoms with Gasteiger partial charge in [-0.25, -0.2) is 9.37 Å². The molecule has 11 nitrogen and oxygen atoms in total. The molecule has 5 rings (SSSR count). The van der Waals surface area contributed by atoms with E-state index in [2.05, 4.69) is 25.4 Å². The fourth-order valence-corrected chi connectivity index (χ4v) is 8.47. The van der Waals surface area contributed by atoms with E-state index < -0.39 is 37.1 Å². The van der Waals surface area contributed by atoms with E-state index in [1.54, 1.807) is 38.7 Å². The van der Waals surface area contributed by atoms with E-state index in [1.165, 1.54) is 0 Å². The van der Waals surface area contributed by atoms with Gasteiger partial charge in [0.15, 0.2) is 17.0 Å². The molecule has 0 amide bonds. The number of hydrogen-bond acceptors (Lipinski definition) is 10. The molecule has 5 atom stereocenters. The number of esters is 1. The second-order valence-corrected chi connectivity index (χ2v) is 15.1. The molecule has 0 radical (unpaired) electrons. The number of imidazole rings is 1. The third-order valence-electron chi connectivity index (χ3n) is 7.24. The largest absolute Gasteiger partial charge is 0.462 e. The van der Waals surface area contributed by atoms with Gasteiger partial charge in [0.1, 0.15) is 25.3 Å². The monoisotopic (exact) mass is 629 g/mol. The first-order valence-corrected chi connectivity index (χ1v) is 17.0. The Hall–Kier alpha value is -3.22. The van der Waals surface area contributed by atoms with E-state index in [1.807, 2.05) is 49.4 Å². The van der Waals surface area contributed by atoms with E-state index in [4.69, 9.17) is 31.5 Å². The topological polar surface area (TPSA) is 138 Å². The lowest BCUT2D eigenvalue weighted by molar-refractivity contribution is -0.172. The average molecular weight is 630 g/mol. The minimum Gasteiger partial charge on any atom is -0.462 e. The smallest absolute Gasteiger partial charge is 0.323 e. The molecule has 1 saturated heterocycles. The summed E-state index contributed by atoms with van der Waals surface area (Å²) < 4.78 is 35.8. The normalized spacial score (nSPS) is 22.6. The number of nitrogens with one attached hydrogen (secondary N) is 2. The van der Waals surface area contributed by atoms with Gasteiger partial charge in [-0.3, -0.25) is 14.4 Å². The number of nitrogens with zero attached hydrogens (tertiary/aromatic N) is 4. The molecule has 2 aromatic carbocycles. The summed E-state index contributed by atoms with van der Waals surface area (Å²) in [6, 6.07) is 13.1. The summed E-state index contributed by atoms with van der Waals surface area (Å²) in [4.78, 5) is 25.6. The van der Waals surface area contributed by atoms with Crippen molar-refractivity contribution in [1.82, 2.24) is 24.6 Å². The zero-order valence-electron chi connectivity index (χ0n) is 24.8. The highest BCUT2D eigenvalue weighted by Crippen LogP contribution is 2.51. The van der Waals surface area contributed by atoms with Gasteiger partial charge in [-0.1, -0.05) is 49.4 Å². The second kappa shape index (κ2) is 12.4. The lowest BCUT2D eigenvalue weighted by Crippen LogP contribution is -2.37. The molecule has 2 aromatic heterocycles. The van der Waals surface area contributed by atoms with Gasteiger partial charge < -0.3 is 25.0 Å².